The van der Waals surface area contributed by atoms with Gasteiger partial charge < -0.3 is 15.3 Å². The number of rotatable bonds is 4. The molecule has 1 aliphatic heterocycles. The van der Waals surface area contributed by atoms with E-state index < -0.39 is 5.97 Å². The van der Waals surface area contributed by atoms with Crippen molar-refractivity contribution in [1.29, 1.82) is 0 Å². The Balaban J connectivity index is 1.83. The number of amides is 2. The van der Waals surface area contributed by atoms with Crippen LogP contribution in [0.3, 0.4) is 0 Å². The molecule has 0 spiro atoms. The Labute approximate surface area is 116 Å². The molecule has 2 rings (SSSR count). The third-order valence-electron chi connectivity index (χ3n) is 3.26. The molecule has 0 saturated heterocycles. The van der Waals surface area contributed by atoms with E-state index in [9.17, 15) is 9.59 Å². The van der Waals surface area contributed by atoms with Crippen molar-refractivity contribution in [2.45, 2.75) is 38.8 Å². The second kappa shape index (κ2) is 6.06. The van der Waals surface area contributed by atoms with E-state index in [1.807, 2.05) is 6.92 Å². The van der Waals surface area contributed by atoms with Crippen molar-refractivity contribution < 1.29 is 14.7 Å². The highest BCUT2D eigenvalue weighted by Crippen LogP contribution is 2.23. The van der Waals surface area contributed by atoms with Gasteiger partial charge in [-0.1, -0.05) is 0 Å². The highest BCUT2D eigenvalue weighted by molar-refractivity contribution is 7.10. The molecule has 1 atom stereocenters. The third-order valence-corrected chi connectivity index (χ3v) is 4.28. The first-order valence-corrected chi connectivity index (χ1v) is 7.26. The SMILES string of the molecule is CC(CCC(=O)O)NC(=O)N1CCc2sccc2C1. The highest BCUT2D eigenvalue weighted by atomic mass is 32.1. The first kappa shape index (κ1) is 13.9. The van der Waals surface area contributed by atoms with Crippen molar-refractivity contribution in [2.75, 3.05) is 6.54 Å². The highest BCUT2D eigenvalue weighted by Gasteiger charge is 2.22. The lowest BCUT2D eigenvalue weighted by molar-refractivity contribution is -0.137. The maximum absolute atomic E-state index is 12.1. The molecular formula is C13H18N2O3S. The first-order chi connectivity index (χ1) is 9.06. The molecule has 0 aliphatic carbocycles. The number of carboxylic acids is 1. The van der Waals surface area contributed by atoms with Crippen molar-refractivity contribution in [3.8, 4) is 0 Å². The summed E-state index contributed by atoms with van der Waals surface area (Å²) in [6, 6.07) is 1.84. The minimum atomic E-state index is -0.831. The van der Waals surface area contributed by atoms with E-state index in [0.29, 0.717) is 13.0 Å². The summed E-state index contributed by atoms with van der Waals surface area (Å²) in [5, 5.41) is 13.5. The van der Waals surface area contributed by atoms with E-state index in [0.717, 1.165) is 13.0 Å². The first-order valence-electron chi connectivity index (χ1n) is 6.38. The molecule has 104 valence electrons. The van der Waals surface area contributed by atoms with Gasteiger partial charge >= 0.3 is 12.0 Å². The number of nitrogens with one attached hydrogen (secondary N) is 1. The van der Waals surface area contributed by atoms with Gasteiger partial charge in [0, 0.05) is 30.4 Å². The van der Waals surface area contributed by atoms with Gasteiger partial charge in [-0.15, -0.1) is 11.3 Å². The molecule has 1 aliphatic rings. The summed E-state index contributed by atoms with van der Waals surface area (Å²) in [5.41, 5.74) is 1.23. The van der Waals surface area contributed by atoms with E-state index in [2.05, 4.69) is 16.8 Å². The normalized spacial score (nSPS) is 15.7. The number of thiophene rings is 1. The molecule has 2 N–H and O–H groups in total. The number of hydrogen-bond donors (Lipinski definition) is 2. The number of carbonyl (C=O) groups is 2. The number of aliphatic carboxylic acids is 1. The minimum Gasteiger partial charge on any atom is -0.481 e. The van der Waals surface area contributed by atoms with Crippen LogP contribution in [0.2, 0.25) is 0 Å². The topological polar surface area (TPSA) is 69.6 Å². The van der Waals surface area contributed by atoms with Crippen molar-refractivity contribution in [2.24, 2.45) is 0 Å². The van der Waals surface area contributed by atoms with Crippen LogP contribution in [0.1, 0.15) is 30.2 Å². The van der Waals surface area contributed by atoms with Crippen molar-refractivity contribution in [1.82, 2.24) is 10.2 Å². The van der Waals surface area contributed by atoms with E-state index in [1.165, 1.54) is 10.4 Å². The maximum atomic E-state index is 12.1. The van der Waals surface area contributed by atoms with Crippen LogP contribution in [-0.4, -0.2) is 34.6 Å². The summed E-state index contributed by atoms with van der Waals surface area (Å²) in [7, 11) is 0. The zero-order valence-corrected chi connectivity index (χ0v) is 11.7. The summed E-state index contributed by atoms with van der Waals surface area (Å²) >= 11 is 1.74. The molecule has 1 aromatic rings. The van der Waals surface area contributed by atoms with E-state index in [1.54, 1.807) is 16.2 Å². The fourth-order valence-corrected chi connectivity index (χ4v) is 3.03. The molecule has 0 saturated carbocycles. The van der Waals surface area contributed by atoms with Crippen molar-refractivity contribution in [3.63, 3.8) is 0 Å². The lowest BCUT2D eigenvalue weighted by atomic mass is 10.1. The molecule has 2 amide bonds. The quantitative estimate of drug-likeness (QED) is 0.888. The Kier molecular flexibility index (Phi) is 4.42. The third kappa shape index (κ3) is 3.70. The van der Waals surface area contributed by atoms with Crippen molar-refractivity contribution >= 4 is 23.3 Å². The largest absolute Gasteiger partial charge is 0.481 e. The van der Waals surface area contributed by atoms with Crippen LogP contribution >= 0.6 is 11.3 Å². The summed E-state index contributed by atoms with van der Waals surface area (Å²) in [5.74, 6) is -0.831. The Bertz CT molecular complexity index is 472. The summed E-state index contributed by atoms with van der Waals surface area (Å²) in [4.78, 5) is 25.7. The Morgan fingerprint density at radius 1 is 1.58 bits per heavy atom. The van der Waals surface area contributed by atoms with Crippen LogP contribution in [-0.2, 0) is 17.8 Å². The fourth-order valence-electron chi connectivity index (χ4n) is 2.14. The summed E-state index contributed by atoms with van der Waals surface area (Å²) in [6.45, 7) is 3.21. The van der Waals surface area contributed by atoms with Crippen molar-refractivity contribution in [3.05, 3.63) is 21.9 Å². The van der Waals surface area contributed by atoms with Gasteiger partial charge in [-0.2, -0.15) is 0 Å². The number of nitrogens with zero attached hydrogens (tertiary/aromatic N) is 1. The van der Waals surface area contributed by atoms with Crippen LogP contribution in [0.15, 0.2) is 11.4 Å². The van der Waals surface area contributed by atoms with Crippen LogP contribution in [0.25, 0.3) is 0 Å². The van der Waals surface area contributed by atoms with Gasteiger partial charge in [-0.25, -0.2) is 4.79 Å². The van der Waals surface area contributed by atoms with E-state index >= 15 is 0 Å². The molecule has 2 heterocycles. The van der Waals surface area contributed by atoms with E-state index in [-0.39, 0.29) is 18.5 Å². The standard InChI is InChI=1S/C13H18N2O3S/c1-9(2-3-12(16)17)14-13(18)15-6-4-11-10(8-15)5-7-19-11/h5,7,9H,2-4,6,8H2,1H3,(H,14,18)(H,16,17). The predicted octanol–water partition coefficient (Wildman–Crippen LogP) is 2.07. The van der Waals surface area contributed by atoms with Crippen LogP contribution < -0.4 is 5.32 Å². The summed E-state index contributed by atoms with van der Waals surface area (Å²) < 4.78 is 0. The minimum absolute atomic E-state index is 0.0795. The number of fused-ring (bicyclic) bond motifs is 1. The molecule has 6 heteroatoms. The molecule has 5 nitrogen and oxygen atoms in total. The van der Waals surface area contributed by atoms with Gasteiger partial charge in [-0.3, -0.25) is 4.79 Å². The average molecular weight is 282 g/mol. The van der Waals surface area contributed by atoms with Crippen LogP contribution in [0.4, 0.5) is 4.79 Å². The molecular weight excluding hydrogens is 264 g/mol. The number of hydrogen-bond acceptors (Lipinski definition) is 3. The zero-order chi connectivity index (χ0) is 13.8. The molecule has 19 heavy (non-hydrogen) atoms. The van der Waals surface area contributed by atoms with Gasteiger partial charge in [0.15, 0.2) is 0 Å². The molecule has 0 fully saturated rings. The maximum Gasteiger partial charge on any atom is 0.317 e. The van der Waals surface area contributed by atoms with Crippen LogP contribution in [0, 0.1) is 0 Å². The van der Waals surface area contributed by atoms with Gasteiger partial charge in [0.1, 0.15) is 0 Å². The Morgan fingerprint density at radius 2 is 2.37 bits per heavy atom. The van der Waals surface area contributed by atoms with Gasteiger partial charge in [-0.05, 0) is 36.8 Å². The van der Waals surface area contributed by atoms with E-state index in [4.69, 9.17) is 5.11 Å². The second-order valence-electron chi connectivity index (χ2n) is 4.82. The number of urea groups is 1. The Morgan fingerprint density at radius 3 is 3.11 bits per heavy atom. The fraction of sp³-hybridized carbons (Fsp3) is 0.538. The van der Waals surface area contributed by atoms with Crippen LogP contribution in [0.5, 0.6) is 0 Å². The zero-order valence-electron chi connectivity index (χ0n) is 10.9. The smallest absolute Gasteiger partial charge is 0.317 e. The summed E-state index contributed by atoms with van der Waals surface area (Å²) in [6.07, 6.45) is 1.44. The number of carboxylic acid groups (broad SMARTS) is 1. The lowest BCUT2D eigenvalue weighted by Crippen LogP contribution is -2.45. The second-order valence-corrected chi connectivity index (χ2v) is 5.82. The molecule has 0 radical (unpaired) electrons. The molecule has 1 unspecified atom stereocenters. The average Bonchev–Trinajstić information content (AvgIpc) is 2.83. The molecule has 1 aromatic heterocycles. The lowest BCUT2D eigenvalue weighted by Gasteiger charge is -2.28. The number of carbonyl (C=O) groups excluding carboxylic acids is 1. The molecule has 0 bridgehead atoms. The van der Waals surface area contributed by atoms with Gasteiger partial charge in [0.25, 0.3) is 0 Å². The Hall–Kier alpha value is -1.56. The monoisotopic (exact) mass is 282 g/mol. The van der Waals surface area contributed by atoms with Gasteiger partial charge in [0.05, 0.1) is 0 Å². The van der Waals surface area contributed by atoms with Gasteiger partial charge in [0.2, 0.25) is 0 Å². The predicted molar refractivity (Wildman–Crippen MR) is 73.3 cm³/mol. The molecule has 0 aromatic carbocycles.